The molecule has 3 saturated carbocycles. The fourth-order valence-electron chi connectivity index (χ4n) is 6.36. The zero-order valence-corrected chi connectivity index (χ0v) is 14.3. The quantitative estimate of drug-likeness (QED) is 0.704. The van der Waals surface area contributed by atoms with Crippen molar-refractivity contribution >= 4 is 17.5 Å². The Balaban J connectivity index is 1.69. The summed E-state index contributed by atoms with van der Waals surface area (Å²) in [4.78, 5) is 11.7. The molecule has 1 amide bonds. The molecule has 0 bridgehead atoms. The maximum atomic E-state index is 11.7. The highest BCUT2D eigenvalue weighted by Crippen LogP contribution is 2.64. The van der Waals surface area contributed by atoms with E-state index < -0.39 is 0 Å². The number of hydrogen-bond acceptors (Lipinski definition) is 1. The molecule has 2 nitrogen and oxygen atoms in total. The van der Waals surface area contributed by atoms with Crippen molar-refractivity contribution in [2.75, 3.05) is 0 Å². The lowest BCUT2D eigenvalue weighted by Crippen LogP contribution is -2.59. The molecule has 1 aliphatic heterocycles. The zero-order chi connectivity index (χ0) is 15.5. The van der Waals surface area contributed by atoms with Gasteiger partial charge in [0.05, 0.1) is 0 Å². The number of amides is 1. The summed E-state index contributed by atoms with van der Waals surface area (Å²) in [6, 6.07) is 0.333. The van der Waals surface area contributed by atoms with Gasteiger partial charge in [0, 0.05) is 17.0 Å². The van der Waals surface area contributed by atoms with Crippen LogP contribution < -0.4 is 5.32 Å². The van der Waals surface area contributed by atoms with E-state index in [9.17, 15) is 4.79 Å². The van der Waals surface area contributed by atoms with Crippen LogP contribution in [0.25, 0.3) is 0 Å². The third-order valence-electron chi connectivity index (χ3n) is 7.67. The number of allylic oxidation sites excluding steroid dienone is 1. The summed E-state index contributed by atoms with van der Waals surface area (Å²) in [5, 5.41) is 3.22. The van der Waals surface area contributed by atoms with Crippen LogP contribution in [0.1, 0.15) is 52.4 Å². The Morgan fingerprint density at radius 2 is 2.05 bits per heavy atom. The molecule has 0 saturated heterocycles. The summed E-state index contributed by atoms with van der Waals surface area (Å²) in [5.41, 5.74) is 3.82. The first kappa shape index (κ1) is 14.8. The Morgan fingerprint density at radius 3 is 2.82 bits per heavy atom. The minimum Gasteiger partial charge on any atom is -0.349 e. The number of nitrogens with one attached hydrogen (secondary N) is 1. The summed E-state index contributed by atoms with van der Waals surface area (Å²) >= 11 is 6.13. The minimum atomic E-state index is 0.0924. The largest absolute Gasteiger partial charge is 0.349 e. The number of rotatable bonds is 0. The van der Waals surface area contributed by atoms with Crippen molar-refractivity contribution in [1.82, 2.24) is 5.32 Å². The van der Waals surface area contributed by atoms with Gasteiger partial charge in [-0.1, -0.05) is 37.1 Å². The summed E-state index contributed by atoms with van der Waals surface area (Å²) in [6.45, 7) is 4.82. The molecule has 1 heterocycles. The molecule has 3 aliphatic carbocycles. The zero-order valence-electron chi connectivity index (χ0n) is 13.6. The lowest BCUT2D eigenvalue weighted by atomic mass is 9.48. The second-order valence-electron chi connectivity index (χ2n) is 8.34. The third-order valence-corrected chi connectivity index (χ3v) is 7.93. The van der Waals surface area contributed by atoms with Gasteiger partial charge in [0.15, 0.2) is 0 Å². The van der Waals surface area contributed by atoms with E-state index in [0.29, 0.717) is 17.4 Å². The smallest absolute Gasteiger partial charge is 0.243 e. The van der Waals surface area contributed by atoms with E-state index in [1.807, 2.05) is 5.54 Å². The number of carbonyl (C=O) groups is 1. The highest BCUT2D eigenvalue weighted by Gasteiger charge is 2.58. The van der Waals surface area contributed by atoms with Gasteiger partial charge in [0.25, 0.3) is 0 Å². The molecule has 4 rings (SSSR count). The van der Waals surface area contributed by atoms with Crippen molar-refractivity contribution in [3.63, 3.8) is 0 Å². The van der Waals surface area contributed by atoms with E-state index in [0.717, 1.165) is 18.3 Å². The first-order valence-electron chi connectivity index (χ1n) is 8.78. The van der Waals surface area contributed by atoms with Crippen LogP contribution in [-0.2, 0) is 4.79 Å². The van der Waals surface area contributed by atoms with Crippen molar-refractivity contribution in [2.24, 2.45) is 28.6 Å². The van der Waals surface area contributed by atoms with Crippen molar-refractivity contribution in [2.45, 2.75) is 58.4 Å². The third kappa shape index (κ3) is 1.82. The van der Waals surface area contributed by atoms with Crippen LogP contribution in [0, 0.1) is 28.6 Å². The predicted octanol–water partition coefficient (Wildman–Crippen LogP) is 4.41. The lowest BCUT2D eigenvalue weighted by molar-refractivity contribution is -0.121. The average Bonchev–Trinajstić information content (AvgIpc) is 2.84. The van der Waals surface area contributed by atoms with Crippen LogP contribution in [0.2, 0.25) is 0 Å². The molecule has 120 valence electrons. The van der Waals surface area contributed by atoms with Crippen LogP contribution in [-0.4, -0.2) is 11.9 Å². The predicted molar refractivity (Wildman–Crippen MR) is 89.4 cm³/mol. The van der Waals surface area contributed by atoms with E-state index in [1.165, 1.54) is 37.7 Å². The fourth-order valence-corrected chi connectivity index (χ4v) is 6.72. The monoisotopic (exact) mass is 319 g/mol. The Labute approximate surface area is 138 Å². The molecular weight excluding hydrogens is 294 g/mol. The molecule has 0 spiro atoms. The molecule has 0 radical (unpaired) electrons. The van der Waals surface area contributed by atoms with E-state index in [-0.39, 0.29) is 11.3 Å². The van der Waals surface area contributed by atoms with Gasteiger partial charge >= 0.3 is 0 Å². The molecule has 1 N–H and O–H groups in total. The van der Waals surface area contributed by atoms with Crippen LogP contribution >= 0.6 is 11.6 Å². The summed E-state index contributed by atoms with van der Waals surface area (Å²) in [7, 11) is 0. The van der Waals surface area contributed by atoms with Crippen molar-refractivity contribution < 1.29 is 4.79 Å². The highest BCUT2D eigenvalue weighted by molar-refractivity contribution is 6.25. The molecular formula is C19H26ClNO. The maximum Gasteiger partial charge on any atom is 0.243 e. The summed E-state index contributed by atoms with van der Waals surface area (Å²) in [6.07, 6.45) is 11.4. The molecule has 0 unspecified atom stereocenters. The van der Waals surface area contributed by atoms with Crippen LogP contribution in [0.4, 0.5) is 0 Å². The van der Waals surface area contributed by atoms with Gasteiger partial charge in [0.1, 0.15) is 0 Å². The van der Waals surface area contributed by atoms with Gasteiger partial charge < -0.3 is 5.32 Å². The van der Waals surface area contributed by atoms with E-state index >= 15 is 0 Å². The Morgan fingerprint density at radius 1 is 1.23 bits per heavy atom. The maximum absolute atomic E-state index is 11.7. The van der Waals surface area contributed by atoms with E-state index in [4.69, 9.17) is 11.6 Å². The van der Waals surface area contributed by atoms with E-state index in [1.54, 1.807) is 6.08 Å². The first-order chi connectivity index (χ1) is 10.5. The number of halogens is 1. The van der Waals surface area contributed by atoms with Gasteiger partial charge in [0.2, 0.25) is 5.91 Å². The molecule has 6 atom stereocenters. The van der Waals surface area contributed by atoms with Crippen LogP contribution in [0.5, 0.6) is 0 Å². The topological polar surface area (TPSA) is 29.1 Å². The summed E-state index contributed by atoms with van der Waals surface area (Å²) in [5.74, 6) is 2.36. The number of fused-ring (bicyclic) bond motifs is 5. The second kappa shape index (κ2) is 4.87. The normalized spacial score (nSPS) is 52.0. The Kier molecular flexibility index (Phi) is 3.28. The second-order valence-corrected chi connectivity index (χ2v) is 8.56. The number of carbonyl (C=O) groups excluding carboxylic acids is 1. The van der Waals surface area contributed by atoms with Gasteiger partial charge in [-0.3, -0.25) is 4.79 Å². The van der Waals surface area contributed by atoms with Gasteiger partial charge in [-0.2, -0.15) is 0 Å². The number of hydrogen-bond donors (Lipinski definition) is 1. The molecule has 4 aliphatic rings. The Hall–Kier alpha value is -0.760. The molecule has 0 aromatic rings. The standard InChI is InChI=1S/C19H26ClNO/c1-18-9-7-15-13(14(18)5-3-12(18)11-20)4-6-16-19(15,2)10-8-17(22)21-16/h8,10-11,13-16H,3-7,9H2,1-2H3,(H,21,22)/t13-,14-,15-,16+,18+,19+/m0/s1. The van der Waals surface area contributed by atoms with Crippen molar-refractivity contribution in [3.8, 4) is 0 Å². The van der Waals surface area contributed by atoms with Gasteiger partial charge in [-0.05, 0) is 67.8 Å². The summed E-state index contributed by atoms with van der Waals surface area (Å²) < 4.78 is 0. The van der Waals surface area contributed by atoms with Crippen molar-refractivity contribution in [1.29, 1.82) is 0 Å². The SMILES string of the molecule is C[C@]12C=CC(=O)N[C@@H]1CC[C@@H]1[C@@H]2CC[C@]2(C)C(=CCl)CC[C@@H]12. The molecule has 3 heteroatoms. The molecule has 3 fully saturated rings. The molecule has 0 aromatic heterocycles. The van der Waals surface area contributed by atoms with E-state index in [2.05, 4.69) is 25.2 Å². The average molecular weight is 320 g/mol. The van der Waals surface area contributed by atoms with Gasteiger partial charge in [-0.25, -0.2) is 0 Å². The Bertz CT molecular complexity index is 568. The van der Waals surface area contributed by atoms with Crippen molar-refractivity contribution in [3.05, 3.63) is 23.3 Å². The van der Waals surface area contributed by atoms with Crippen LogP contribution in [0.15, 0.2) is 23.3 Å². The molecule has 22 heavy (non-hydrogen) atoms. The molecule has 0 aromatic carbocycles. The highest BCUT2D eigenvalue weighted by atomic mass is 35.5. The lowest BCUT2D eigenvalue weighted by Gasteiger charge is -2.58. The fraction of sp³-hybridized carbons (Fsp3) is 0.737. The minimum absolute atomic E-state index is 0.0924. The van der Waals surface area contributed by atoms with Gasteiger partial charge in [-0.15, -0.1) is 0 Å². The first-order valence-corrected chi connectivity index (χ1v) is 9.22. The van der Waals surface area contributed by atoms with Crippen LogP contribution in [0.3, 0.4) is 0 Å².